The molecular formula is C16H21N3O6. The van der Waals surface area contributed by atoms with Gasteiger partial charge in [0.1, 0.15) is 6.04 Å². The number of carbonyl (C=O) groups is 3. The van der Waals surface area contributed by atoms with Crippen molar-refractivity contribution < 1.29 is 24.4 Å². The molecule has 1 aromatic rings. The molecule has 1 rings (SSSR count). The zero-order chi connectivity index (χ0) is 19.1. The lowest BCUT2D eigenvalue weighted by atomic mass is 9.99. The summed E-state index contributed by atoms with van der Waals surface area (Å²) in [5, 5.41) is 24.6. The molecule has 0 bridgehead atoms. The summed E-state index contributed by atoms with van der Waals surface area (Å²) in [6.07, 6.45) is 0.575. The number of carbonyl (C=O) groups excluding carboxylic acids is 2. The third-order valence-corrected chi connectivity index (χ3v) is 3.86. The fourth-order valence-electron chi connectivity index (χ4n) is 2.17. The van der Waals surface area contributed by atoms with Gasteiger partial charge in [-0.25, -0.2) is 4.79 Å². The lowest BCUT2D eigenvalue weighted by molar-refractivity contribution is -0.385. The van der Waals surface area contributed by atoms with Gasteiger partial charge >= 0.3 is 5.97 Å². The molecule has 1 aromatic carbocycles. The highest BCUT2D eigenvalue weighted by molar-refractivity contribution is 5.97. The lowest BCUT2D eigenvalue weighted by Gasteiger charge is -2.20. The summed E-state index contributed by atoms with van der Waals surface area (Å²) in [5.41, 5.74) is 0.393. The summed E-state index contributed by atoms with van der Waals surface area (Å²) in [5.74, 6) is -2.60. The second-order valence-electron chi connectivity index (χ2n) is 5.71. The molecule has 3 N–H and O–H groups in total. The third-order valence-electron chi connectivity index (χ3n) is 3.86. The molecule has 0 aliphatic rings. The first kappa shape index (κ1) is 20.1. The Morgan fingerprint density at radius 3 is 2.44 bits per heavy atom. The molecule has 0 spiro atoms. The molecule has 9 nitrogen and oxygen atoms in total. The van der Waals surface area contributed by atoms with Crippen molar-refractivity contribution in [2.24, 2.45) is 5.92 Å². The average Bonchev–Trinajstić information content (AvgIpc) is 2.56. The summed E-state index contributed by atoms with van der Waals surface area (Å²) in [4.78, 5) is 45.2. The summed E-state index contributed by atoms with van der Waals surface area (Å²) in [7, 11) is 0. The zero-order valence-corrected chi connectivity index (χ0v) is 14.2. The van der Waals surface area contributed by atoms with Crippen molar-refractivity contribution in [1.29, 1.82) is 0 Å². The van der Waals surface area contributed by atoms with Crippen LogP contribution in [0.4, 0.5) is 5.69 Å². The molecule has 2 amide bonds. The molecule has 0 saturated carbocycles. The van der Waals surface area contributed by atoms with Gasteiger partial charge < -0.3 is 15.7 Å². The van der Waals surface area contributed by atoms with Gasteiger partial charge in [-0.05, 0) is 25.0 Å². The summed E-state index contributed by atoms with van der Waals surface area (Å²) in [6, 6.07) is 2.83. The topological polar surface area (TPSA) is 139 Å². The minimum absolute atomic E-state index is 0.104. The minimum Gasteiger partial charge on any atom is -0.480 e. The molecular weight excluding hydrogens is 330 g/mol. The number of nitro benzene ring substituents is 1. The molecule has 9 heteroatoms. The first-order chi connectivity index (χ1) is 11.7. The number of nitrogens with zero attached hydrogens (tertiary/aromatic N) is 1. The fourth-order valence-corrected chi connectivity index (χ4v) is 2.17. The smallest absolute Gasteiger partial charge is 0.326 e. The van der Waals surface area contributed by atoms with E-state index in [9.17, 15) is 24.5 Å². The number of rotatable bonds is 8. The molecule has 0 radical (unpaired) electrons. The predicted molar refractivity (Wildman–Crippen MR) is 89.2 cm³/mol. The SMILES string of the molecule is CC[C@H](C)[C@H](NC(=O)CNC(=O)c1ccc([N+](=O)[O-])c(C)c1)C(=O)O. The van der Waals surface area contributed by atoms with Crippen LogP contribution in [0.2, 0.25) is 0 Å². The Morgan fingerprint density at radius 2 is 1.96 bits per heavy atom. The van der Waals surface area contributed by atoms with E-state index in [0.29, 0.717) is 12.0 Å². The fraction of sp³-hybridized carbons (Fsp3) is 0.438. The Kier molecular flexibility index (Phi) is 7.04. The van der Waals surface area contributed by atoms with E-state index >= 15 is 0 Å². The van der Waals surface area contributed by atoms with Crippen molar-refractivity contribution in [3.63, 3.8) is 0 Å². The Bertz CT molecular complexity index is 688. The van der Waals surface area contributed by atoms with Crippen LogP contribution in [0.3, 0.4) is 0 Å². The Labute approximate surface area is 144 Å². The average molecular weight is 351 g/mol. The van der Waals surface area contributed by atoms with Gasteiger partial charge in [0.2, 0.25) is 5.91 Å². The van der Waals surface area contributed by atoms with Gasteiger partial charge in [0.25, 0.3) is 11.6 Å². The van der Waals surface area contributed by atoms with Crippen LogP contribution >= 0.6 is 0 Å². The van der Waals surface area contributed by atoms with Crippen molar-refractivity contribution in [2.45, 2.75) is 33.2 Å². The predicted octanol–water partition coefficient (Wildman–Crippen LogP) is 1.25. The Morgan fingerprint density at radius 1 is 1.32 bits per heavy atom. The lowest BCUT2D eigenvalue weighted by Crippen LogP contribution is -2.48. The van der Waals surface area contributed by atoms with Gasteiger partial charge in [-0.15, -0.1) is 0 Å². The number of benzene rings is 1. The van der Waals surface area contributed by atoms with Crippen molar-refractivity contribution in [2.75, 3.05) is 6.54 Å². The minimum atomic E-state index is -1.14. The van der Waals surface area contributed by atoms with E-state index in [2.05, 4.69) is 10.6 Å². The highest BCUT2D eigenvalue weighted by Gasteiger charge is 2.25. The van der Waals surface area contributed by atoms with E-state index in [0.717, 1.165) is 0 Å². The highest BCUT2D eigenvalue weighted by atomic mass is 16.6. The van der Waals surface area contributed by atoms with Crippen LogP contribution in [0.25, 0.3) is 0 Å². The molecule has 0 aliphatic heterocycles. The second-order valence-corrected chi connectivity index (χ2v) is 5.71. The molecule has 0 heterocycles. The number of aryl methyl sites for hydroxylation is 1. The maximum Gasteiger partial charge on any atom is 0.326 e. The van der Waals surface area contributed by atoms with Crippen molar-refractivity contribution >= 4 is 23.5 Å². The number of nitro groups is 1. The molecule has 0 aromatic heterocycles. The van der Waals surface area contributed by atoms with E-state index < -0.39 is 35.3 Å². The van der Waals surface area contributed by atoms with Crippen molar-refractivity contribution in [3.8, 4) is 0 Å². The molecule has 0 fully saturated rings. The quantitative estimate of drug-likeness (QED) is 0.476. The summed E-state index contributed by atoms with van der Waals surface area (Å²) >= 11 is 0. The van der Waals surface area contributed by atoms with Gasteiger partial charge in [0.05, 0.1) is 11.5 Å². The molecule has 0 aliphatic carbocycles. The van der Waals surface area contributed by atoms with Crippen LogP contribution in [-0.4, -0.2) is 40.4 Å². The van der Waals surface area contributed by atoms with Gasteiger partial charge in [0, 0.05) is 17.2 Å². The van der Waals surface area contributed by atoms with Gasteiger partial charge in [0.15, 0.2) is 0 Å². The van der Waals surface area contributed by atoms with Crippen LogP contribution in [-0.2, 0) is 9.59 Å². The van der Waals surface area contributed by atoms with Gasteiger partial charge in [-0.2, -0.15) is 0 Å². The standard InChI is InChI=1S/C16H21N3O6/c1-4-9(2)14(16(22)23)18-13(20)8-17-15(21)11-5-6-12(19(24)25)10(3)7-11/h5-7,9,14H,4,8H2,1-3H3,(H,17,21)(H,18,20)(H,22,23)/t9-,14-/m0/s1. The molecule has 0 unspecified atom stereocenters. The van der Waals surface area contributed by atoms with E-state index in [-0.39, 0.29) is 17.2 Å². The van der Waals surface area contributed by atoms with Crippen LogP contribution in [0.1, 0.15) is 36.2 Å². The second kappa shape index (κ2) is 8.76. The normalized spacial score (nSPS) is 12.8. The maximum atomic E-state index is 12.0. The number of hydrogen-bond donors (Lipinski definition) is 3. The third kappa shape index (κ3) is 5.55. The number of amides is 2. The van der Waals surface area contributed by atoms with E-state index in [1.54, 1.807) is 6.92 Å². The van der Waals surface area contributed by atoms with Gasteiger partial charge in [-0.1, -0.05) is 20.3 Å². The zero-order valence-electron chi connectivity index (χ0n) is 14.2. The monoisotopic (exact) mass is 351 g/mol. The van der Waals surface area contributed by atoms with Crippen molar-refractivity contribution in [3.05, 3.63) is 39.4 Å². The van der Waals surface area contributed by atoms with Crippen LogP contribution in [0.5, 0.6) is 0 Å². The molecule has 136 valence electrons. The van der Waals surface area contributed by atoms with Crippen molar-refractivity contribution in [1.82, 2.24) is 10.6 Å². The number of nitrogens with one attached hydrogen (secondary N) is 2. The number of hydrogen-bond acceptors (Lipinski definition) is 5. The molecule has 2 atom stereocenters. The largest absolute Gasteiger partial charge is 0.480 e. The molecule has 25 heavy (non-hydrogen) atoms. The Hall–Kier alpha value is -2.97. The van der Waals surface area contributed by atoms with Gasteiger partial charge in [-0.3, -0.25) is 19.7 Å². The highest BCUT2D eigenvalue weighted by Crippen LogP contribution is 2.18. The van der Waals surface area contributed by atoms with E-state index in [4.69, 9.17) is 5.11 Å². The number of aliphatic carboxylic acids is 1. The first-order valence-electron chi connectivity index (χ1n) is 7.72. The van der Waals surface area contributed by atoms with Crippen LogP contribution in [0, 0.1) is 23.0 Å². The van der Waals surface area contributed by atoms with Crippen LogP contribution < -0.4 is 10.6 Å². The summed E-state index contributed by atoms with van der Waals surface area (Å²) in [6.45, 7) is 4.63. The molecule has 0 saturated heterocycles. The number of carboxylic acids is 1. The maximum absolute atomic E-state index is 12.0. The van der Waals surface area contributed by atoms with E-state index in [1.165, 1.54) is 25.1 Å². The Balaban J connectivity index is 2.66. The van der Waals surface area contributed by atoms with E-state index in [1.807, 2.05) is 6.92 Å². The first-order valence-corrected chi connectivity index (χ1v) is 7.72. The summed E-state index contributed by atoms with van der Waals surface area (Å²) < 4.78 is 0. The number of carboxylic acid groups (broad SMARTS) is 1. The van der Waals surface area contributed by atoms with Crippen LogP contribution in [0.15, 0.2) is 18.2 Å².